The summed E-state index contributed by atoms with van der Waals surface area (Å²) < 4.78 is 5.09. The summed E-state index contributed by atoms with van der Waals surface area (Å²) in [6.45, 7) is 1.84. The number of methoxy groups -OCH3 is 1. The number of nitrogens with one attached hydrogen (secondary N) is 1. The lowest BCUT2D eigenvalue weighted by molar-refractivity contribution is -0.159. The zero-order chi connectivity index (χ0) is 14.0. The molecule has 102 valence electrons. The lowest BCUT2D eigenvalue weighted by atomic mass is 9.68. The second-order valence-electron chi connectivity index (χ2n) is 4.88. The van der Waals surface area contributed by atoms with Crippen molar-refractivity contribution in [2.45, 2.75) is 26.2 Å². The molecule has 19 heavy (non-hydrogen) atoms. The Morgan fingerprint density at radius 2 is 2.05 bits per heavy atom. The highest BCUT2D eigenvalue weighted by Gasteiger charge is 2.51. The summed E-state index contributed by atoms with van der Waals surface area (Å²) in [6.07, 6.45) is 1.59. The fourth-order valence-electron chi connectivity index (χ4n) is 2.21. The van der Waals surface area contributed by atoms with E-state index in [4.69, 9.17) is 4.74 Å². The molecule has 0 unspecified atom stereocenters. The minimum absolute atomic E-state index is 0.406. The number of anilines is 1. The number of carboxylic acids is 1. The van der Waals surface area contributed by atoms with Gasteiger partial charge in [0.15, 0.2) is 0 Å². The molecule has 0 heterocycles. The zero-order valence-corrected chi connectivity index (χ0v) is 11.0. The van der Waals surface area contributed by atoms with E-state index in [0.717, 1.165) is 12.0 Å². The summed E-state index contributed by atoms with van der Waals surface area (Å²) >= 11 is 0. The SMILES string of the molecule is COc1ccc(NC(=O)C2(C(=O)O)CCC2)c(C)c1. The smallest absolute Gasteiger partial charge is 0.319 e. The van der Waals surface area contributed by atoms with Crippen LogP contribution < -0.4 is 10.1 Å². The molecule has 1 fully saturated rings. The topological polar surface area (TPSA) is 75.6 Å². The van der Waals surface area contributed by atoms with Gasteiger partial charge in [-0.25, -0.2) is 0 Å². The second kappa shape index (κ2) is 4.91. The Balaban J connectivity index is 2.17. The summed E-state index contributed by atoms with van der Waals surface area (Å²) in [5, 5.41) is 11.9. The first-order valence-corrected chi connectivity index (χ1v) is 6.19. The highest BCUT2D eigenvalue weighted by atomic mass is 16.5. The van der Waals surface area contributed by atoms with E-state index >= 15 is 0 Å². The molecule has 1 amide bonds. The van der Waals surface area contributed by atoms with E-state index in [9.17, 15) is 14.7 Å². The normalized spacial score (nSPS) is 16.3. The van der Waals surface area contributed by atoms with Gasteiger partial charge >= 0.3 is 5.97 Å². The Bertz CT molecular complexity index is 520. The summed E-state index contributed by atoms with van der Waals surface area (Å²) in [5.74, 6) is -0.769. The Kier molecular flexibility index (Phi) is 3.46. The Hall–Kier alpha value is -2.04. The number of amides is 1. The molecule has 0 radical (unpaired) electrons. The average molecular weight is 263 g/mol. The number of benzene rings is 1. The van der Waals surface area contributed by atoms with Crippen molar-refractivity contribution >= 4 is 17.6 Å². The number of carbonyl (C=O) groups is 2. The summed E-state index contributed by atoms with van der Waals surface area (Å²) in [6, 6.07) is 5.25. The van der Waals surface area contributed by atoms with Crippen molar-refractivity contribution in [3.05, 3.63) is 23.8 Å². The van der Waals surface area contributed by atoms with Crippen LogP contribution >= 0.6 is 0 Å². The molecule has 1 aliphatic carbocycles. The van der Waals surface area contributed by atoms with E-state index in [2.05, 4.69) is 5.32 Å². The van der Waals surface area contributed by atoms with E-state index in [1.54, 1.807) is 25.3 Å². The number of aryl methyl sites for hydroxylation is 1. The number of rotatable bonds is 4. The van der Waals surface area contributed by atoms with Gasteiger partial charge in [0.1, 0.15) is 11.2 Å². The molecule has 0 aromatic heterocycles. The van der Waals surface area contributed by atoms with Crippen LogP contribution in [0.15, 0.2) is 18.2 Å². The maximum absolute atomic E-state index is 12.1. The molecule has 5 heteroatoms. The van der Waals surface area contributed by atoms with Crippen LogP contribution in [0, 0.1) is 12.3 Å². The first-order valence-electron chi connectivity index (χ1n) is 6.19. The van der Waals surface area contributed by atoms with Crippen molar-refractivity contribution in [1.82, 2.24) is 0 Å². The van der Waals surface area contributed by atoms with E-state index in [1.807, 2.05) is 6.92 Å². The second-order valence-corrected chi connectivity index (χ2v) is 4.88. The minimum Gasteiger partial charge on any atom is -0.497 e. The molecule has 5 nitrogen and oxygen atoms in total. The average Bonchev–Trinajstić information content (AvgIpc) is 2.29. The van der Waals surface area contributed by atoms with Crippen LogP contribution in [0.2, 0.25) is 0 Å². The van der Waals surface area contributed by atoms with Crippen molar-refractivity contribution in [2.24, 2.45) is 5.41 Å². The van der Waals surface area contributed by atoms with Gasteiger partial charge in [-0.2, -0.15) is 0 Å². The number of hydrogen-bond donors (Lipinski definition) is 2. The Morgan fingerprint density at radius 3 is 2.47 bits per heavy atom. The van der Waals surface area contributed by atoms with Crippen LogP contribution in [-0.2, 0) is 9.59 Å². The van der Waals surface area contributed by atoms with E-state index in [0.29, 0.717) is 24.3 Å². The van der Waals surface area contributed by atoms with Crippen LogP contribution in [0.5, 0.6) is 5.75 Å². The predicted octanol–water partition coefficient (Wildman–Crippen LogP) is 2.20. The third-order valence-corrected chi connectivity index (χ3v) is 3.73. The molecule has 0 aliphatic heterocycles. The quantitative estimate of drug-likeness (QED) is 0.816. The van der Waals surface area contributed by atoms with Gasteiger partial charge in [-0.15, -0.1) is 0 Å². The van der Waals surface area contributed by atoms with Gasteiger partial charge < -0.3 is 15.2 Å². The summed E-state index contributed by atoms with van der Waals surface area (Å²) in [4.78, 5) is 23.4. The first-order chi connectivity index (χ1) is 8.99. The lowest BCUT2D eigenvalue weighted by Crippen LogP contribution is -2.48. The van der Waals surface area contributed by atoms with E-state index in [1.165, 1.54) is 0 Å². The van der Waals surface area contributed by atoms with Crippen molar-refractivity contribution in [2.75, 3.05) is 12.4 Å². The monoisotopic (exact) mass is 263 g/mol. The third kappa shape index (κ3) is 2.28. The van der Waals surface area contributed by atoms with Gasteiger partial charge in [0.05, 0.1) is 7.11 Å². The Morgan fingerprint density at radius 1 is 1.37 bits per heavy atom. The van der Waals surface area contributed by atoms with Crippen molar-refractivity contribution in [1.29, 1.82) is 0 Å². The van der Waals surface area contributed by atoms with Gasteiger partial charge in [-0.05, 0) is 43.5 Å². The van der Waals surface area contributed by atoms with Gasteiger partial charge in [-0.3, -0.25) is 9.59 Å². The largest absolute Gasteiger partial charge is 0.497 e. The standard InChI is InChI=1S/C14H17NO4/c1-9-8-10(19-2)4-5-11(9)15-12(16)14(13(17)18)6-3-7-14/h4-5,8H,3,6-7H2,1-2H3,(H,15,16)(H,17,18). The molecule has 0 bridgehead atoms. The van der Waals surface area contributed by atoms with Gasteiger partial charge in [-0.1, -0.05) is 6.42 Å². The predicted molar refractivity (Wildman–Crippen MR) is 70.3 cm³/mol. The maximum atomic E-state index is 12.1. The number of aliphatic carboxylic acids is 1. The molecular weight excluding hydrogens is 246 g/mol. The molecule has 1 aromatic rings. The minimum atomic E-state index is -1.24. The fraction of sp³-hybridized carbons (Fsp3) is 0.429. The molecule has 0 spiro atoms. The third-order valence-electron chi connectivity index (χ3n) is 3.73. The fourth-order valence-corrected chi connectivity index (χ4v) is 2.21. The number of ether oxygens (including phenoxy) is 1. The molecular formula is C14H17NO4. The highest BCUT2D eigenvalue weighted by molar-refractivity contribution is 6.09. The summed E-state index contributed by atoms with van der Waals surface area (Å²) in [5.41, 5.74) is 0.220. The Labute approximate surface area is 111 Å². The molecule has 1 aromatic carbocycles. The molecule has 1 saturated carbocycles. The van der Waals surface area contributed by atoms with Gasteiger partial charge in [0, 0.05) is 5.69 Å². The summed E-state index contributed by atoms with van der Waals surface area (Å²) in [7, 11) is 1.57. The maximum Gasteiger partial charge on any atom is 0.319 e. The number of carbonyl (C=O) groups excluding carboxylic acids is 1. The van der Waals surface area contributed by atoms with E-state index < -0.39 is 17.3 Å². The molecule has 1 aliphatic rings. The van der Waals surface area contributed by atoms with Crippen LogP contribution in [0.4, 0.5) is 5.69 Å². The van der Waals surface area contributed by atoms with E-state index in [-0.39, 0.29) is 0 Å². The van der Waals surface area contributed by atoms with Crippen molar-refractivity contribution in [3.63, 3.8) is 0 Å². The molecule has 0 saturated heterocycles. The van der Waals surface area contributed by atoms with Crippen LogP contribution in [0.3, 0.4) is 0 Å². The van der Waals surface area contributed by atoms with Crippen LogP contribution in [0.1, 0.15) is 24.8 Å². The zero-order valence-electron chi connectivity index (χ0n) is 11.0. The van der Waals surface area contributed by atoms with Crippen molar-refractivity contribution < 1.29 is 19.4 Å². The van der Waals surface area contributed by atoms with Gasteiger partial charge in [0.25, 0.3) is 0 Å². The lowest BCUT2D eigenvalue weighted by Gasteiger charge is -2.35. The molecule has 0 atom stereocenters. The van der Waals surface area contributed by atoms with Crippen LogP contribution in [0.25, 0.3) is 0 Å². The van der Waals surface area contributed by atoms with Crippen molar-refractivity contribution in [3.8, 4) is 5.75 Å². The molecule has 2 N–H and O–H groups in total. The highest BCUT2D eigenvalue weighted by Crippen LogP contribution is 2.42. The first kappa shape index (κ1) is 13.4. The number of carboxylic acid groups (broad SMARTS) is 1. The van der Waals surface area contributed by atoms with Crippen LogP contribution in [-0.4, -0.2) is 24.1 Å². The van der Waals surface area contributed by atoms with Gasteiger partial charge in [0.2, 0.25) is 5.91 Å². The molecule has 2 rings (SSSR count). The number of hydrogen-bond acceptors (Lipinski definition) is 3.